The highest BCUT2D eigenvalue weighted by molar-refractivity contribution is 9.10. The van der Waals surface area contributed by atoms with Crippen LogP contribution < -0.4 is 5.32 Å². The molecule has 23 heavy (non-hydrogen) atoms. The summed E-state index contributed by atoms with van der Waals surface area (Å²) < 4.78 is 7.16. The van der Waals surface area contributed by atoms with Crippen molar-refractivity contribution in [3.05, 3.63) is 40.1 Å². The van der Waals surface area contributed by atoms with Crippen molar-refractivity contribution in [2.75, 3.05) is 13.7 Å². The van der Waals surface area contributed by atoms with Crippen LogP contribution in [-0.4, -0.2) is 51.7 Å². The smallest absolute Gasteiger partial charge is 0.334 e. The first kappa shape index (κ1) is 17.1. The first-order chi connectivity index (χ1) is 10.9. The zero-order chi connectivity index (χ0) is 17.0. The van der Waals surface area contributed by atoms with Gasteiger partial charge in [-0.15, -0.1) is 5.10 Å². The fraction of sp³-hybridized carbons (Fsp3) is 0.286. The third-order valence-corrected chi connectivity index (χ3v) is 3.66. The van der Waals surface area contributed by atoms with Crippen LogP contribution in [0.25, 0.3) is 5.69 Å². The van der Waals surface area contributed by atoms with Gasteiger partial charge in [0.15, 0.2) is 11.8 Å². The van der Waals surface area contributed by atoms with Gasteiger partial charge < -0.3 is 15.2 Å². The van der Waals surface area contributed by atoms with Crippen LogP contribution in [0, 0.1) is 6.92 Å². The van der Waals surface area contributed by atoms with Crippen LogP contribution in [0.2, 0.25) is 0 Å². The van der Waals surface area contributed by atoms with Gasteiger partial charge in [0, 0.05) is 11.6 Å². The van der Waals surface area contributed by atoms with Gasteiger partial charge in [0.1, 0.15) is 0 Å². The Hall–Kier alpha value is -2.26. The maximum absolute atomic E-state index is 12.1. The summed E-state index contributed by atoms with van der Waals surface area (Å²) in [5, 5.41) is 19.2. The minimum atomic E-state index is -1.15. The SMILES string of the molecule is COC(CNC(=O)c1nnn(-c2cccc(Br)c2)c1C)C(=O)O. The molecule has 0 saturated heterocycles. The molecule has 122 valence electrons. The highest BCUT2D eigenvalue weighted by Gasteiger charge is 2.21. The molecule has 9 heteroatoms. The summed E-state index contributed by atoms with van der Waals surface area (Å²) in [6.07, 6.45) is -1.11. The number of hydrogen-bond donors (Lipinski definition) is 2. The Bertz CT molecular complexity index is 731. The standard InChI is InChI=1S/C14H15BrN4O4/c1-8-12(13(20)16-7-11(23-2)14(21)22)17-18-19(8)10-5-3-4-9(15)6-10/h3-6,11H,7H2,1-2H3,(H,16,20)(H,21,22). The highest BCUT2D eigenvalue weighted by Crippen LogP contribution is 2.17. The number of benzene rings is 1. The maximum Gasteiger partial charge on any atom is 0.334 e. The molecule has 1 aromatic heterocycles. The second-order valence-corrected chi connectivity index (χ2v) is 5.60. The van der Waals surface area contributed by atoms with E-state index >= 15 is 0 Å². The van der Waals surface area contributed by atoms with Crippen LogP contribution in [0.1, 0.15) is 16.2 Å². The number of methoxy groups -OCH3 is 1. The average Bonchev–Trinajstić information content (AvgIpc) is 2.89. The molecule has 1 heterocycles. The Morgan fingerprint density at radius 2 is 2.22 bits per heavy atom. The Labute approximate surface area is 140 Å². The second kappa shape index (κ2) is 7.34. The number of rotatable bonds is 6. The van der Waals surface area contributed by atoms with Crippen LogP contribution >= 0.6 is 15.9 Å². The molecular weight excluding hydrogens is 368 g/mol. The van der Waals surface area contributed by atoms with E-state index in [-0.39, 0.29) is 12.2 Å². The van der Waals surface area contributed by atoms with Gasteiger partial charge in [0.25, 0.3) is 5.91 Å². The van der Waals surface area contributed by atoms with E-state index in [1.807, 2.05) is 24.3 Å². The number of amides is 1. The zero-order valence-electron chi connectivity index (χ0n) is 12.5. The number of ether oxygens (including phenoxy) is 1. The molecule has 0 radical (unpaired) electrons. The van der Waals surface area contributed by atoms with Crippen molar-refractivity contribution in [3.8, 4) is 5.69 Å². The predicted octanol–water partition coefficient (Wildman–Crippen LogP) is 1.17. The van der Waals surface area contributed by atoms with Gasteiger partial charge in [-0.05, 0) is 25.1 Å². The van der Waals surface area contributed by atoms with Crippen molar-refractivity contribution in [3.63, 3.8) is 0 Å². The van der Waals surface area contributed by atoms with Crippen molar-refractivity contribution in [2.24, 2.45) is 0 Å². The van der Waals surface area contributed by atoms with E-state index in [1.165, 1.54) is 11.8 Å². The summed E-state index contributed by atoms with van der Waals surface area (Å²) in [5.41, 5.74) is 1.43. The van der Waals surface area contributed by atoms with E-state index in [4.69, 9.17) is 9.84 Å². The quantitative estimate of drug-likeness (QED) is 0.776. The maximum atomic E-state index is 12.1. The highest BCUT2D eigenvalue weighted by atomic mass is 79.9. The Morgan fingerprint density at radius 3 is 2.83 bits per heavy atom. The van der Waals surface area contributed by atoms with E-state index in [2.05, 4.69) is 31.6 Å². The van der Waals surface area contributed by atoms with Crippen LogP contribution in [0.3, 0.4) is 0 Å². The number of nitrogens with one attached hydrogen (secondary N) is 1. The molecule has 2 N–H and O–H groups in total. The lowest BCUT2D eigenvalue weighted by atomic mass is 10.2. The Balaban J connectivity index is 2.15. The van der Waals surface area contributed by atoms with Gasteiger partial charge in [0.2, 0.25) is 0 Å². The molecule has 1 amide bonds. The molecule has 0 aliphatic heterocycles. The molecule has 2 rings (SSSR count). The lowest BCUT2D eigenvalue weighted by Crippen LogP contribution is -2.38. The third kappa shape index (κ3) is 3.93. The van der Waals surface area contributed by atoms with Gasteiger partial charge in [-0.1, -0.05) is 27.2 Å². The third-order valence-electron chi connectivity index (χ3n) is 3.17. The van der Waals surface area contributed by atoms with Crippen LogP contribution in [0.5, 0.6) is 0 Å². The van der Waals surface area contributed by atoms with Gasteiger partial charge in [-0.2, -0.15) is 0 Å². The van der Waals surface area contributed by atoms with E-state index in [9.17, 15) is 9.59 Å². The summed E-state index contributed by atoms with van der Waals surface area (Å²) in [5.74, 6) is -1.66. The molecule has 0 fully saturated rings. The average molecular weight is 383 g/mol. The van der Waals surface area contributed by atoms with Gasteiger partial charge >= 0.3 is 5.97 Å². The molecule has 2 aromatic rings. The van der Waals surface area contributed by atoms with E-state index < -0.39 is 18.0 Å². The topological polar surface area (TPSA) is 106 Å². The normalized spacial score (nSPS) is 12.0. The monoisotopic (exact) mass is 382 g/mol. The van der Waals surface area contributed by atoms with Crippen molar-refractivity contribution in [1.29, 1.82) is 0 Å². The van der Waals surface area contributed by atoms with Gasteiger partial charge in [-0.25, -0.2) is 9.48 Å². The number of halogens is 1. The minimum Gasteiger partial charge on any atom is -0.479 e. The molecule has 0 aliphatic rings. The first-order valence-electron chi connectivity index (χ1n) is 6.66. The van der Waals surface area contributed by atoms with Crippen molar-refractivity contribution < 1.29 is 19.4 Å². The minimum absolute atomic E-state index is 0.130. The summed E-state index contributed by atoms with van der Waals surface area (Å²) >= 11 is 3.37. The largest absolute Gasteiger partial charge is 0.479 e. The number of aromatic nitrogens is 3. The molecule has 1 unspecified atom stereocenters. The number of nitrogens with zero attached hydrogens (tertiary/aromatic N) is 3. The van der Waals surface area contributed by atoms with Crippen LogP contribution in [0.4, 0.5) is 0 Å². The molecule has 0 aliphatic carbocycles. The lowest BCUT2D eigenvalue weighted by molar-refractivity contribution is -0.148. The Kier molecular flexibility index (Phi) is 5.45. The second-order valence-electron chi connectivity index (χ2n) is 4.69. The first-order valence-corrected chi connectivity index (χ1v) is 7.45. The molecule has 0 bridgehead atoms. The molecule has 1 aromatic carbocycles. The van der Waals surface area contributed by atoms with Gasteiger partial charge in [0.05, 0.1) is 17.9 Å². The molecule has 1 atom stereocenters. The molecular formula is C14H15BrN4O4. The molecule has 8 nitrogen and oxygen atoms in total. The fourth-order valence-corrected chi connectivity index (χ4v) is 2.32. The van der Waals surface area contributed by atoms with Crippen LogP contribution in [-0.2, 0) is 9.53 Å². The number of aliphatic carboxylic acids is 1. The number of carboxylic acid groups (broad SMARTS) is 1. The summed E-state index contributed by atoms with van der Waals surface area (Å²) in [6.45, 7) is 1.55. The fourth-order valence-electron chi connectivity index (χ4n) is 1.93. The van der Waals surface area contributed by atoms with Gasteiger partial charge in [-0.3, -0.25) is 4.79 Å². The van der Waals surface area contributed by atoms with E-state index in [0.717, 1.165) is 10.2 Å². The van der Waals surface area contributed by atoms with E-state index in [1.54, 1.807) is 6.92 Å². The van der Waals surface area contributed by atoms with E-state index in [0.29, 0.717) is 5.69 Å². The zero-order valence-corrected chi connectivity index (χ0v) is 14.1. The number of carboxylic acids is 1. The summed E-state index contributed by atoms with van der Waals surface area (Å²) in [7, 11) is 1.26. The summed E-state index contributed by atoms with van der Waals surface area (Å²) in [6, 6.07) is 7.39. The number of hydrogen-bond acceptors (Lipinski definition) is 5. The van der Waals surface area contributed by atoms with Crippen molar-refractivity contribution in [1.82, 2.24) is 20.3 Å². The number of carbonyl (C=O) groups excluding carboxylic acids is 1. The molecule has 0 spiro atoms. The predicted molar refractivity (Wildman–Crippen MR) is 84.6 cm³/mol. The number of carbonyl (C=O) groups is 2. The van der Waals surface area contributed by atoms with Crippen molar-refractivity contribution in [2.45, 2.75) is 13.0 Å². The lowest BCUT2D eigenvalue weighted by Gasteiger charge is -2.10. The summed E-state index contributed by atoms with van der Waals surface area (Å²) in [4.78, 5) is 23.0. The van der Waals surface area contributed by atoms with Crippen molar-refractivity contribution >= 4 is 27.8 Å². The Morgan fingerprint density at radius 1 is 1.48 bits per heavy atom. The molecule has 0 saturated carbocycles. The van der Waals surface area contributed by atoms with Crippen LogP contribution in [0.15, 0.2) is 28.7 Å².